The highest BCUT2D eigenvalue weighted by Crippen LogP contribution is 2.36. The van der Waals surface area contributed by atoms with Crippen molar-refractivity contribution in [2.45, 2.75) is 31.2 Å². The van der Waals surface area contributed by atoms with Gasteiger partial charge in [-0.3, -0.25) is 0 Å². The van der Waals surface area contributed by atoms with Crippen LogP contribution in [0.4, 0.5) is 0 Å². The smallest absolute Gasteiger partial charge is 0.0574 e. The predicted molar refractivity (Wildman–Crippen MR) is 93.1 cm³/mol. The Morgan fingerprint density at radius 3 is 2.35 bits per heavy atom. The Bertz CT molecular complexity index is 572. The molecule has 3 rings (SSSR count). The fourth-order valence-corrected chi connectivity index (χ4v) is 3.48. The summed E-state index contributed by atoms with van der Waals surface area (Å²) in [6.45, 7) is 0. The van der Waals surface area contributed by atoms with Gasteiger partial charge in [-0.05, 0) is 77.2 Å². The molecule has 1 aliphatic carbocycles. The summed E-state index contributed by atoms with van der Waals surface area (Å²) in [4.78, 5) is 0. The van der Waals surface area contributed by atoms with Crippen molar-refractivity contribution in [3.63, 3.8) is 0 Å². The molecule has 2 aromatic rings. The van der Waals surface area contributed by atoms with Crippen LogP contribution in [0.3, 0.4) is 0 Å². The van der Waals surface area contributed by atoms with Gasteiger partial charge in [0.05, 0.1) is 6.04 Å². The molecule has 0 aromatic heterocycles. The van der Waals surface area contributed by atoms with E-state index in [2.05, 4.69) is 76.4 Å². The summed E-state index contributed by atoms with van der Waals surface area (Å²) < 4.78 is 1.28. The van der Waals surface area contributed by atoms with Crippen molar-refractivity contribution >= 4 is 22.6 Å². The monoisotopic (exact) mass is 377 g/mol. The van der Waals surface area contributed by atoms with Gasteiger partial charge in [-0.15, -0.1) is 0 Å². The summed E-state index contributed by atoms with van der Waals surface area (Å²) in [6, 6.07) is 18.2. The van der Waals surface area contributed by atoms with Crippen molar-refractivity contribution in [3.8, 4) is 0 Å². The lowest BCUT2D eigenvalue weighted by Crippen LogP contribution is -2.18. The summed E-state index contributed by atoms with van der Waals surface area (Å²) in [6.07, 6.45) is 4.13. The van der Waals surface area contributed by atoms with E-state index in [0.717, 1.165) is 5.92 Å². The summed E-state index contributed by atoms with van der Waals surface area (Å²) in [5, 5.41) is 3.44. The minimum Gasteiger partial charge on any atom is -0.309 e. The van der Waals surface area contributed by atoms with Gasteiger partial charge in [-0.25, -0.2) is 0 Å². The minimum absolute atomic E-state index is 0.278. The summed E-state index contributed by atoms with van der Waals surface area (Å²) in [5.41, 5.74) is 4.19. The molecule has 0 bridgehead atoms. The maximum Gasteiger partial charge on any atom is 0.0574 e. The van der Waals surface area contributed by atoms with Crippen LogP contribution in [-0.2, 0) is 0 Å². The quantitative estimate of drug-likeness (QED) is 0.750. The highest BCUT2D eigenvalue weighted by molar-refractivity contribution is 14.1. The Morgan fingerprint density at radius 1 is 1.05 bits per heavy atom. The molecule has 20 heavy (non-hydrogen) atoms. The zero-order valence-corrected chi connectivity index (χ0v) is 13.9. The van der Waals surface area contributed by atoms with Gasteiger partial charge in [0.25, 0.3) is 0 Å². The molecule has 0 spiro atoms. The zero-order valence-electron chi connectivity index (χ0n) is 11.8. The van der Waals surface area contributed by atoms with E-state index in [4.69, 9.17) is 0 Å². The highest BCUT2D eigenvalue weighted by Gasteiger charge is 2.20. The van der Waals surface area contributed by atoms with E-state index < -0.39 is 0 Å². The first-order chi connectivity index (χ1) is 9.78. The van der Waals surface area contributed by atoms with Crippen LogP contribution in [-0.4, -0.2) is 7.05 Å². The standard InChI is InChI=1S/C18H20IN/c1-20-18(16-6-3-7-17(19)12-16)15-10-8-14(9-11-15)13-4-2-5-13/h3,6-13,18,20H,2,4-5H2,1H3. The minimum atomic E-state index is 0.278. The molecular weight excluding hydrogens is 357 g/mol. The third kappa shape index (κ3) is 2.91. The van der Waals surface area contributed by atoms with Gasteiger partial charge in [0, 0.05) is 3.57 Å². The average Bonchev–Trinajstić information content (AvgIpc) is 2.40. The Labute approximate surface area is 134 Å². The van der Waals surface area contributed by atoms with Crippen molar-refractivity contribution in [3.05, 3.63) is 68.8 Å². The van der Waals surface area contributed by atoms with Gasteiger partial charge in [0.2, 0.25) is 0 Å². The third-order valence-corrected chi connectivity index (χ3v) is 4.99. The molecule has 1 unspecified atom stereocenters. The summed E-state index contributed by atoms with van der Waals surface area (Å²) in [7, 11) is 2.03. The summed E-state index contributed by atoms with van der Waals surface area (Å²) in [5.74, 6) is 0.815. The lowest BCUT2D eigenvalue weighted by atomic mass is 9.79. The molecule has 1 aliphatic rings. The van der Waals surface area contributed by atoms with E-state index in [0.29, 0.717) is 0 Å². The number of hydrogen-bond donors (Lipinski definition) is 1. The topological polar surface area (TPSA) is 12.0 Å². The van der Waals surface area contributed by atoms with Crippen LogP contribution in [0, 0.1) is 3.57 Å². The maximum absolute atomic E-state index is 3.44. The first-order valence-corrected chi connectivity index (χ1v) is 8.38. The highest BCUT2D eigenvalue weighted by atomic mass is 127. The molecule has 104 valence electrons. The Morgan fingerprint density at radius 2 is 1.80 bits per heavy atom. The lowest BCUT2D eigenvalue weighted by Gasteiger charge is -2.26. The number of hydrogen-bond acceptors (Lipinski definition) is 1. The van der Waals surface area contributed by atoms with E-state index in [-0.39, 0.29) is 6.04 Å². The molecule has 1 nitrogen and oxygen atoms in total. The molecule has 1 fully saturated rings. The van der Waals surface area contributed by atoms with Gasteiger partial charge in [-0.1, -0.05) is 42.8 Å². The van der Waals surface area contributed by atoms with Crippen molar-refractivity contribution in [1.82, 2.24) is 5.32 Å². The van der Waals surface area contributed by atoms with Gasteiger partial charge >= 0.3 is 0 Å². The van der Waals surface area contributed by atoms with E-state index in [1.54, 1.807) is 0 Å². The van der Waals surface area contributed by atoms with Crippen molar-refractivity contribution in [2.75, 3.05) is 7.05 Å². The predicted octanol–water partition coefficient (Wildman–Crippen LogP) is 4.87. The van der Waals surface area contributed by atoms with E-state index >= 15 is 0 Å². The molecule has 1 atom stereocenters. The molecule has 0 heterocycles. The second-order valence-corrected chi connectivity index (χ2v) is 6.82. The first kappa shape index (κ1) is 14.1. The molecule has 0 radical (unpaired) electrons. The molecule has 0 amide bonds. The van der Waals surface area contributed by atoms with E-state index in [1.165, 1.54) is 39.5 Å². The maximum atomic E-state index is 3.44. The van der Waals surface area contributed by atoms with Gasteiger partial charge in [-0.2, -0.15) is 0 Å². The fourth-order valence-electron chi connectivity index (χ4n) is 2.91. The van der Waals surface area contributed by atoms with Gasteiger partial charge in [0.15, 0.2) is 0 Å². The largest absolute Gasteiger partial charge is 0.309 e. The van der Waals surface area contributed by atoms with Crippen LogP contribution in [0.2, 0.25) is 0 Å². The number of rotatable bonds is 4. The molecular formula is C18H20IN. The van der Waals surface area contributed by atoms with E-state index in [1.807, 2.05) is 7.05 Å². The second-order valence-electron chi connectivity index (χ2n) is 5.57. The van der Waals surface area contributed by atoms with Crippen LogP contribution in [0.1, 0.15) is 47.9 Å². The molecule has 1 N–H and O–H groups in total. The fraction of sp³-hybridized carbons (Fsp3) is 0.333. The van der Waals surface area contributed by atoms with Crippen LogP contribution in [0.25, 0.3) is 0 Å². The Kier molecular flexibility index (Phi) is 4.41. The SMILES string of the molecule is CNC(c1ccc(C2CCC2)cc1)c1cccc(I)c1. The average molecular weight is 377 g/mol. The van der Waals surface area contributed by atoms with Crippen molar-refractivity contribution < 1.29 is 0 Å². The van der Waals surface area contributed by atoms with Crippen LogP contribution in [0.15, 0.2) is 48.5 Å². The third-order valence-electron chi connectivity index (χ3n) is 4.32. The lowest BCUT2D eigenvalue weighted by molar-refractivity contribution is 0.419. The normalized spacial score (nSPS) is 16.7. The van der Waals surface area contributed by atoms with Crippen molar-refractivity contribution in [2.24, 2.45) is 0 Å². The first-order valence-electron chi connectivity index (χ1n) is 7.30. The number of halogens is 1. The zero-order chi connectivity index (χ0) is 13.9. The molecule has 1 saturated carbocycles. The van der Waals surface area contributed by atoms with Crippen LogP contribution >= 0.6 is 22.6 Å². The molecule has 2 heteroatoms. The Balaban J connectivity index is 1.85. The van der Waals surface area contributed by atoms with Gasteiger partial charge in [0.1, 0.15) is 0 Å². The van der Waals surface area contributed by atoms with Gasteiger partial charge < -0.3 is 5.32 Å². The summed E-state index contributed by atoms with van der Waals surface area (Å²) >= 11 is 2.37. The molecule has 2 aromatic carbocycles. The molecule has 0 aliphatic heterocycles. The molecule has 0 saturated heterocycles. The van der Waals surface area contributed by atoms with Crippen LogP contribution < -0.4 is 5.32 Å². The van der Waals surface area contributed by atoms with Crippen LogP contribution in [0.5, 0.6) is 0 Å². The second kappa shape index (κ2) is 6.27. The Hall–Kier alpha value is -0.870. The number of benzene rings is 2. The number of nitrogens with one attached hydrogen (secondary N) is 1. The van der Waals surface area contributed by atoms with Crippen molar-refractivity contribution in [1.29, 1.82) is 0 Å². The van der Waals surface area contributed by atoms with E-state index in [9.17, 15) is 0 Å².